The molecule has 0 radical (unpaired) electrons. The number of H-pyrrole nitrogens is 1. The lowest BCUT2D eigenvalue weighted by Crippen LogP contribution is -1.89. The molecule has 0 amide bonds. The molecule has 2 aromatic heterocycles. The highest BCUT2D eigenvalue weighted by Crippen LogP contribution is 2.33. The molecular formula is C21H14ClN3. The highest BCUT2D eigenvalue weighted by atomic mass is 35.5. The molecule has 0 bridgehead atoms. The van der Waals surface area contributed by atoms with Crippen molar-refractivity contribution in [2.45, 2.75) is 6.92 Å². The Morgan fingerprint density at radius 2 is 1.96 bits per heavy atom. The number of nitriles is 1. The summed E-state index contributed by atoms with van der Waals surface area (Å²) in [6.45, 7) is 2.08. The molecule has 0 aliphatic heterocycles. The van der Waals surface area contributed by atoms with Gasteiger partial charge in [0.05, 0.1) is 22.0 Å². The Balaban J connectivity index is 1.89. The van der Waals surface area contributed by atoms with E-state index in [1.54, 1.807) is 12.3 Å². The fraction of sp³-hybridized carbons (Fsp3) is 0.0476. The van der Waals surface area contributed by atoms with Crippen molar-refractivity contribution >= 4 is 22.5 Å². The number of rotatable bonds is 2. The standard InChI is InChI=1S/C21H14ClN3/c1-13-4-7-19-16(9-13)11-20(25-19)21-17(3-2-8-24-21)14-5-6-15(12-23)18(22)10-14/h2-11,25H,1H3. The molecule has 0 fully saturated rings. The van der Waals surface area contributed by atoms with Gasteiger partial charge in [0.25, 0.3) is 0 Å². The van der Waals surface area contributed by atoms with Crippen LogP contribution in [0.25, 0.3) is 33.4 Å². The zero-order chi connectivity index (χ0) is 17.4. The summed E-state index contributed by atoms with van der Waals surface area (Å²) >= 11 is 6.21. The molecular weight excluding hydrogens is 330 g/mol. The summed E-state index contributed by atoms with van der Waals surface area (Å²) in [6.07, 6.45) is 1.78. The van der Waals surface area contributed by atoms with E-state index in [4.69, 9.17) is 16.9 Å². The van der Waals surface area contributed by atoms with Gasteiger partial charge in [0.1, 0.15) is 6.07 Å². The quantitative estimate of drug-likeness (QED) is 0.505. The molecule has 2 heterocycles. The third-order valence-electron chi connectivity index (χ3n) is 4.24. The zero-order valence-electron chi connectivity index (χ0n) is 13.5. The van der Waals surface area contributed by atoms with Gasteiger partial charge in [-0.1, -0.05) is 35.4 Å². The molecule has 0 aliphatic rings. The van der Waals surface area contributed by atoms with Crippen molar-refractivity contribution in [3.63, 3.8) is 0 Å². The van der Waals surface area contributed by atoms with Gasteiger partial charge in [0.15, 0.2) is 0 Å². The number of aryl methyl sites for hydroxylation is 1. The highest BCUT2D eigenvalue weighted by molar-refractivity contribution is 6.32. The van der Waals surface area contributed by atoms with Gasteiger partial charge in [0.2, 0.25) is 0 Å². The fourth-order valence-corrected chi connectivity index (χ4v) is 3.23. The molecule has 0 saturated carbocycles. The predicted molar refractivity (Wildman–Crippen MR) is 101 cm³/mol. The second kappa shape index (κ2) is 6.08. The molecule has 120 valence electrons. The number of nitrogens with zero attached hydrogens (tertiary/aromatic N) is 2. The number of halogens is 1. The first-order chi connectivity index (χ1) is 12.2. The van der Waals surface area contributed by atoms with E-state index in [9.17, 15) is 0 Å². The van der Waals surface area contributed by atoms with Crippen LogP contribution in [0.4, 0.5) is 0 Å². The first kappa shape index (κ1) is 15.4. The number of pyridine rings is 1. The van der Waals surface area contributed by atoms with Gasteiger partial charge in [0, 0.05) is 22.7 Å². The number of hydrogen-bond donors (Lipinski definition) is 1. The fourth-order valence-electron chi connectivity index (χ4n) is 3.01. The minimum absolute atomic E-state index is 0.446. The Morgan fingerprint density at radius 3 is 2.76 bits per heavy atom. The number of fused-ring (bicyclic) bond motifs is 1. The van der Waals surface area contributed by atoms with Gasteiger partial charge in [-0.15, -0.1) is 0 Å². The maximum atomic E-state index is 9.06. The van der Waals surface area contributed by atoms with Gasteiger partial charge in [-0.25, -0.2) is 0 Å². The van der Waals surface area contributed by atoms with E-state index in [1.807, 2.05) is 24.3 Å². The summed E-state index contributed by atoms with van der Waals surface area (Å²) in [5, 5.41) is 10.7. The molecule has 0 saturated heterocycles. The van der Waals surface area contributed by atoms with Crippen LogP contribution in [0.1, 0.15) is 11.1 Å². The summed E-state index contributed by atoms with van der Waals surface area (Å²) in [4.78, 5) is 8.01. The van der Waals surface area contributed by atoms with E-state index in [2.05, 4.69) is 47.2 Å². The molecule has 0 spiro atoms. The van der Waals surface area contributed by atoms with Gasteiger partial charge in [-0.2, -0.15) is 5.26 Å². The number of nitrogens with one attached hydrogen (secondary N) is 1. The molecule has 0 unspecified atom stereocenters. The van der Waals surface area contributed by atoms with E-state index in [-0.39, 0.29) is 0 Å². The maximum absolute atomic E-state index is 9.06. The number of hydrogen-bond acceptors (Lipinski definition) is 2. The van der Waals surface area contributed by atoms with Gasteiger partial charge in [-0.05, 0) is 48.9 Å². The normalized spacial score (nSPS) is 10.8. The number of aromatic amines is 1. The largest absolute Gasteiger partial charge is 0.353 e. The van der Waals surface area contributed by atoms with E-state index in [1.165, 1.54) is 5.56 Å². The molecule has 4 heteroatoms. The van der Waals surface area contributed by atoms with Crippen molar-refractivity contribution in [1.29, 1.82) is 5.26 Å². The minimum Gasteiger partial charge on any atom is -0.353 e. The molecule has 4 rings (SSSR count). The zero-order valence-corrected chi connectivity index (χ0v) is 14.3. The van der Waals surface area contributed by atoms with Crippen molar-refractivity contribution in [3.05, 3.63) is 76.9 Å². The Kier molecular flexibility index (Phi) is 3.76. The van der Waals surface area contributed by atoms with Crippen LogP contribution < -0.4 is 0 Å². The second-order valence-corrected chi connectivity index (χ2v) is 6.39. The van der Waals surface area contributed by atoms with Crippen LogP contribution in [0.15, 0.2) is 60.8 Å². The molecule has 1 N–H and O–H groups in total. The van der Waals surface area contributed by atoms with Crippen molar-refractivity contribution in [2.24, 2.45) is 0 Å². The van der Waals surface area contributed by atoms with E-state index in [0.717, 1.165) is 33.4 Å². The summed E-state index contributed by atoms with van der Waals surface area (Å²) in [5.41, 5.74) is 6.48. The average molecular weight is 344 g/mol. The van der Waals surface area contributed by atoms with Crippen LogP contribution in [0.2, 0.25) is 5.02 Å². The molecule has 25 heavy (non-hydrogen) atoms. The third-order valence-corrected chi connectivity index (χ3v) is 4.55. The lowest BCUT2D eigenvalue weighted by molar-refractivity contribution is 1.29. The topological polar surface area (TPSA) is 52.5 Å². The maximum Gasteiger partial charge on any atom is 0.101 e. The van der Waals surface area contributed by atoms with Crippen LogP contribution in [-0.2, 0) is 0 Å². The Labute approximate surface area is 150 Å². The van der Waals surface area contributed by atoms with Gasteiger partial charge < -0.3 is 4.98 Å². The predicted octanol–water partition coefficient (Wildman–Crippen LogP) is 5.73. The van der Waals surface area contributed by atoms with Crippen molar-refractivity contribution < 1.29 is 0 Å². The van der Waals surface area contributed by atoms with Crippen LogP contribution in [0, 0.1) is 18.3 Å². The molecule has 4 aromatic rings. The Morgan fingerprint density at radius 1 is 1.08 bits per heavy atom. The second-order valence-electron chi connectivity index (χ2n) is 5.98. The van der Waals surface area contributed by atoms with E-state index in [0.29, 0.717) is 10.6 Å². The minimum atomic E-state index is 0.446. The average Bonchev–Trinajstić information content (AvgIpc) is 3.04. The van der Waals surface area contributed by atoms with Crippen molar-refractivity contribution in [1.82, 2.24) is 9.97 Å². The molecule has 0 atom stereocenters. The summed E-state index contributed by atoms with van der Waals surface area (Å²) < 4.78 is 0. The first-order valence-electron chi connectivity index (χ1n) is 7.90. The molecule has 2 aromatic carbocycles. The van der Waals surface area contributed by atoms with Crippen molar-refractivity contribution in [3.8, 4) is 28.6 Å². The smallest absolute Gasteiger partial charge is 0.101 e. The Hall–Kier alpha value is -3.09. The van der Waals surface area contributed by atoms with Crippen LogP contribution in [0.5, 0.6) is 0 Å². The number of benzene rings is 2. The lowest BCUT2D eigenvalue weighted by atomic mass is 10.0. The molecule has 3 nitrogen and oxygen atoms in total. The van der Waals surface area contributed by atoms with Crippen LogP contribution in [0.3, 0.4) is 0 Å². The molecule has 0 aliphatic carbocycles. The first-order valence-corrected chi connectivity index (χ1v) is 8.28. The van der Waals surface area contributed by atoms with E-state index >= 15 is 0 Å². The van der Waals surface area contributed by atoms with Crippen LogP contribution in [-0.4, -0.2) is 9.97 Å². The van der Waals surface area contributed by atoms with Gasteiger partial charge in [-0.3, -0.25) is 4.98 Å². The summed E-state index contributed by atoms with van der Waals surface area (Å²) in [7, 11) is 0. The third kappa shape index (κ3) is 2.77. The summed E-state index contributed by atoms with van der Waals surface area (Å²) in [5.74, 6) is 0. The SMILES string of the molecule is Cc1ccc2[nH]c(-c3ncccc3-c3ccc(C#N)c(Cl)c3)cc2c1. The van der Waals surface area contributed by atoms with Crippen molar-refractivity contribution in [2.75, 3.05) is 0 Å². The van der Waals surface area contributed by atoms with Gasteiger partial charge >= 0.3 is 0 Å². The lowest BCUT2D eigenvalue weighted by Gasteiger charge is -2.08. The monoisotopic (exact) mass is 343 g/mol. The van der Waals surface area contributed by atoms with Crippen LogP contribution >= 0.6 is 11.6 Å². The van der Waals surface area contributed by atoms with E-state index < -0.39 is 0 Å². The highest BCUT2D eigenvalue weighted by Gasteiger charge is 2.12. The Bertz CT molecular complexity index is 1140. The number of aromatic nitrogens is 2. The summed E-state index contributed by atoms with van der Waals surface area (Å²) in [6, 6.07) is 19.9.